The number of allylic oxidation sites excluding steroid dienone is 1. The van der Waals surface area contributed by atoms with Crippen LogP contribution in [-0.4, -0.2) is 30.1 Å². The maximum absolute atomic E-state index is 12.5. The maximum Gasteiger partial charge on any atom is 0.341 e. The summed E-state index contributed by atoms with van der Waals surface area (Å²) in [5, 5.41) is 10.7. The normalized spacial score (nSPS) is 10.9. The van der Waals surface area contributed by atoms with Crippen LogP contribution in [0.3, 0.4) is 0 Å². The second-order valence-corrected chi connectivity index (χ2v) is 6.04. The molecule has 0 heterocycles. The molecule has 0 fully saturated rings. The Morgan fingerprint density at radius 1 is 0.964 bits per heavy atom. The van der Waals surface area contributed by atoms with Gasteiger partial charge in [0.15, 0.2) is 12.4 Å². The molecule has 0 spiro atoms. The van der Waals surface area contributed by atoms with E-state index in [1.54, 1.807) is 30.3 Å². The van der Waals surface area contributed by atoms with E-state index in [9.17, 15) is 9.59 Å². The monoisotopic (exact) mass is 376 g/mol. The lowest BCUT2D eigenvalue weighted by Gasteiger charge is -2.10. The van der Waals surface area contributed by atoms with Crippen molar-refractivity contribution in [3.8, 4) is 11.5 Å². The predicted molar refractivity (Wildman–Crippen MR) is 108 cm³/mol. The van der Waals surface area contributed by atoms with E-state index in [1.807, 2.05) is 43.3 Å². The average molecular weight is 376 g/mol. The molecule has 0 atom stereocenters. The molecule has 0 radical (unpaired) electrons. The number of carbonyl (C=O) groups excluding carboxylic acids is 1. The first-order valence-electron chi connectivity index (χ1n) is 8.90. The van der Waals surface area contributed by atoms with Crippen LogP contribution < -0.4 is 9.47 Å². The second-order valence-electron chi connectivity index (χ2n) is 6.04. The zero-order chi connectivity index (χ0) is 19.9. The molecule has 0 aliphatic heterocycles. The number of carboxylic acid groups (broad SMARTS) is 1. The summed E-state index contributed by atoms with van der Waals surface area (Å²) in [6.07, 6.45) is 3.28. The van der Waals surface area contributed by atoms with Crippen LogP contribution in [0.2, 0.25) is 0 Å². The molecule has 3 aromatic carbocycles. The summed E-state index contributed by atoms with van der Waals surface area (Å²) in [5.74, 6) is -0.0956. The van der Waals surface area contributed by atoms with Gasteiger partial charge in [0, 0.05) is 11.1 Å². The smallest absolute Gasteiger partial charge is 0.341 e. The number of hydrogen-bond donors (Lipinski definition) is 1. The zero-order valence-corrected chi connectivity index (χ0v) is 15.4. The molecule has 0 aliphatic rings. The lowest BCUT2D eigenvalue weighted by molar-refractivity contribution is -0.139. The van der Waals surface area contributed by atoms with E-state index in [4.69, 9.17) is 14.6 Å². The first-order chi connectivity index (χ1) is 13.6. The highest BCUT2D eigenvalue weighted by Gasteiger charge is 2.08. The molecule has 5 heteroatoms. The Balaban J connectivity index is 1.84. The predicted octanol–water partition coefficient (Wildman–Crippen LogP) is 4.60. The van der Waals surface area contributed by atoms with Gasteiger partial charge in [-0.1, -0.05) is 30.3 Å². The van der Waals surface area contributed by atoms with Crippen molar-refractivity contribution in [3.05, 3.63) is 77.9 Å². The summed E-state index contributed by atoms with van der Waals surface area (Å²) in [6, 6.07) is 18.2. The minimum atomic E-state index is -1.05. The fraction of sp³-hybridized carbons (Fsp3) is 0.130. The zero-order valence-electron chi connectivity index (χ0n) is 15.4. The third-order valence-electron chi connectivity index (χ3n) is 4.13. The fourth-order valence-electron chi connectivity index (χ4n) is 2.84. The SMILES string of the molecule is CCOc1ccc2ccccc2c1/C=C/C(=O)c1ccc(OCC(=O)O)cc1. The van der Waals surface area contributed by atoms with Crippen LogP contribution in [0.15, 0.2) is 66.7 Å². The number of benzene rings is 3. The lowest BCUT2D eigenvalue weighted by Crippen LogP contribution is -2.09. The molecule has 0 amide bonds. The van der Waals surface area contributed by atoms with Gasteiger partial charge in [-0.2, -0.15) is 0 Å². The summed E-state index contributed by atoms with van der Waals surface area (Å²) >= 11 is 0. The van der Waals surface area contributed by atoms with Crippen molar-refractivity contribution in [3.63, 3.8) is 0 Å². The van der Waals surface area contributed by atoms with Gasteiger partial charge >= 0.3 is 5.97 Å². The minimum Gasteiger partial charge on any atom is -0.493 e. The van der Waals surface area contributed by atoms with Gasteiger partial charge in [-0.05, 0) is 60.2 Å². The van der Waals surface area contributed by atoms with Crippen molar-refractivity contribution >= 4 is 28.6 Å². The lowest BCUT2D eigenvalue weighted by atomic mass is 10.0. The molecule has 1 N–H and O–H groups in total. The molecule has 0 saturated carbocycles. The highest BCUT2D eigenvalue weighted by Crippen LogP contribution is 2.29. The molecular weight excluding hydrogens is 356 g/mol. The highest BCUT2D eigenvalue weighted by atomic mass is 16.5. The van der Waals surface area contributed by atoms with Crippen molar-refractivity contribution in [1.29, 1.82) is 0 Å². The third-order valence-corrected chi connectivity index (χ3v) is 4.13. The van der Waals surface area contributed by atoms with Gasteiger partial charge < -0.3 is 14.6 Å². The van der Waals surface area contributed by atoms with Gasteiger partial charge in [-0.15, -0.1) is 0 Å². The molecule has 0 unspecified atom stereocenters. The van der Waals surface area contributed by atoms with Crippen molar-refractivity contribution in [1.82, 2.24) is 0 Å². The van der Waals surface area contributed by atoms with Crippen molar-refractivity contribution in [2.75, 3.05) is 13.2 Å². The minimum absolute atomic E-state index is 0.167. The summed E-state index contributed by atoms with van der Waals surface area (Å²) < 4.78 is 10.8. The first kappa shape index (κ1) is 19.2. The molecule has 0 aromatic heterocycles. The molecule has 3 rings (SSSR count). The number of carboxylic acids is 1. The number of ether oxygens (including phenoxy) is 2. The largest absolute Gasteiger partial charge is 0.493 e. The van der Waals surface area contributed by atoms with Gasteiger partial charge in [0.1, 0.15) is 11.5 Å². The number of fused-ring (bicyclic) bond motifs is 1. The molecular formula is C23H20O5. The Morgan fingerprint density at radius 3 is 2.43 bits per heavy atom. The Morgan fingerprint density at radius 2 is 1.71 bits per heavy atom. The summed E-state index contributed by atoms with van der Waals surface area (Å²) in [4.78, 5) is 23.1. The molecule has 5 nitrogen and oxygen atoms in total. The Hall–Kier alpha value is -3.60. The molecule has 0 aliphatic carbocycles. The number of rotatable bonds is 8. The van der Waals surface area contributed by atoms with Crippen LogP contribution in [0.4, 0.5) is 0 Å². The van der Waals surface area contributed by atoms with Crippen LogP contribution in [-0.2, 0) is 4.79 Å². The average Bonchev–Trinajstić information content (AvgIpc) is 2.71. The molecule has 142 valence electrons. The molecule has 0 saturated heterocycles. The van der Waals surface area contributed by atoms with E-state index in [-0.39, 0.29) is 5.78 Å². The van der Waals surface area contributed by atoms with Crippen LogP contribution in [0, 0.1) is 0 Å². The topological polar surface area (TPSA) is 72.8 Å². The van der Waals surface area contributed by atoms with Gasteiger partial charge in [0.2, 0.25) is 0 Å². The Bertz CT molecular complexity index is 1020. The second kappa shape index (κ2) is 8.86. The maximum atomic E-state index is 12.5. The van der Waals surface area contributed by atoms with Crippen molar-refractivity contribution < 1.29 is 24.2 Å². The summed E-state index contributed by atoms with van der Waals surface area (Å²) in [7, 11) is 0. The van der Waals surface area contributed by atoms with E-state index < -0.39 is 12.6 Å². The quantitative estimate of drug-likeness (QED) is 0.459. The highest BCUT2D eigenvalue weighted by molar-refractivity contribution is 6.08. The number of hydrogen-bond acceptors (Lipinski definition) is 4. The van der Waals surface area contributed by atoms with Crippen LogP contribution in [0.25, 0.3) is 16.8 Å². The first-order valence-corrected chi connectivity index (χ1v) is 8.90. The van der Waals surface area contributed by atoms with Crippen LogP contribution in [0.1, 0.15) is 22.8 Å². The van der Waals surface area contributed by atoms with Gasteiger partial charge in [-0.25, -0.2) is 4.79 Å². The van der Waals surface area contributed by atoms with Gasteiger partial charge in [-0.3, -0.25) is 4.79 Å². The van der Waals surface area contributed by atoms with Crippen molar-refractivity contribution in [2.24, 2.45) is 0 Å². The standard InChI is InChI=1S/C23H20O5/c1-2-27-22-14-9-16-5-3-4-6-19(16)20(22)12-13-21(24)17-7-10-18(11-8-17)28-15-23(25)26/h3-14H,2,15H2,1H3,(H,25,26)/b13-12+. The van der Waals surface area contributed by atoms with E-state index in [2.05, 4.69) is 0 Å². The van der Waals surface area contributed by atoms with E-state index in [0.717, 1.165) is 22.1 Å². The molecule has 3 aromatic rings. The van der Waals surface area contributed by atoms with Gasteiger partial charge in [0.05, 0.1) is 6.61 Å². The number of ketones is 1. The number of aliphatic carboxylic acids is 1. The summed E-state index contributed by atoms with van der Waals surface area (Å²) in [5.41, 5.74) is 1.34. The van der Waals surface area contributed by atoms with Gasteiger partial charge in [0.25, 0.3) is 0 Å². The molecule has 0 bridgehead atoms. The van der Waals surface area contributed by atoms with E-state index in [0.29, 0.717) is 17.9 Å². The Kier molecular flexibility index (Phi) is 6.07. The fourth-order valence-corrected chi connectivity index (χ4v) is 2.84. The summed E-state index contributed by atoms with van der Waals surface area (Å²) in [6.45, 7) is 2.03. The Labute approximate surface area is 162 Å². The van der Waals surface area contributed by atoms with E-state index in [1.165, 1.54) is 6.08 Å². The van der Waals surface area contributed by atoms with Crippen molar-refractivity contribution in [2.45, 2.75) is 6.92 Å². The van der Waals surface area contributed by atoms with Crippen LogP contribution in [0.5, 0.6) is 11.5 Å². The molecule has 28 heavy (non-hydrogen) atoms. The third kappa shape index (κ3) is 4.57. The van der Waals surface area contributed by atoms with Crippen LogP contribution >= 0.6 is 0 Å². The van der Waals surface area contributed by atoms with E-state index >= 15 is 0 Å². The number of carbonyl (C=O) groups is 2.